The lowest BCUT2D eigenvalue weighted by Gasteiger charge is -2.05. The normalized spacial score (nSPS) is 10.5. The number of aryl methyl sites for hydroxylation is 3. The fourth-order valence-electron chi connectivity index (χ4n) is 1.61. The number of carbonyl (C=O) groups excluding carboxylic acids is 1. The summed E-state index contributed by atoms with van der Waals surface area (Å²) in [5.41, 5.74) is 8.75. The highest BCUT2D eigenvalue weighted by Crippen LogP contribution is 2.18. The van der Waals surface area contributed by atoms with E-state index < -0.39 is 0 Å². The lowest BCUT2D eigenvalue weighted by molar-refractivity contribution is 0.0472. The van der Waals surface area contributed by atoms with E-state index in [0.29, 0.717) is 11.3 Å². The number of carbonyl (C=O) groups is 1. The number of nitrogens with zero attached hydrogens (tertiary/aromatic N) is 1. The minimum Gasteiger partial charge on any atom is -0.455 e. The third kappa shape index (κ3) is 3.12. The quantitative estimate of drug-likeness (QED) is 0.691. The number of nitrogens with two attached hydrogens (primary N) is 1. The van der Waals surface area contributed by atoms with E-state index in [-0.39, 0.29) is 12.6 Å². The van der Waals surface area contributed by atoms with Gasteiger partial charge in [0, 0.05) is 10.6 Å². The number of esters is 1. The predicted molar refractivity (Wildman–Crippen MR) is 76.3 cm³/mol. The summed E-state index contributed by atoms with van der Waals surface area (Å²) in [5.74, 6) is -0.353. The molecule has 0 atom stereocenters. The summed E-state index contributed by atoms with van der Waals surface area (Å²) in [7, 11) is 0. The van der Waals surface area contributed by atoms with E-state index in [9.17, 15) is 4.79 Å². The predicted octanol–water partition coefficient (Wildman–Crippen LogP) is 3.01. The molecule has 19 heavy (non-hydrogen) atoms. The summed E-state index contributed by atoms with van der Waals surface area (Å²) in [5, 5.41) is 0.815. The maximum Gasteiger partial charge on any atom is 0.338 e. The van der Waals surface area contributed by atoms with E-state index >= 15 is 0 Å². The SMILES string of the molecule is Cc1cc(C(=O)OCc2nc(C)c(C)s2)ccc1N. The highest BCUT2D eigenvalue weighted by molar-refractivity contribution is 7.11. The Kier molecular flexibility index (Phi) is 3.85. The zero-order chi connectivity index (χ0) is 14.0. The number of hydrogen-bond donors (Lipinski definition) is 1. The van der Waals surface area contributed by atoms with Gasteiger partial charge in [-0.1, -0.05) is 0 Å². The fourth-order valence-corrected chi connectivity index (χ4v) is 2.46. The van der Waals surface area contributed by atoms with Crippen LogP contribution in [-0.4, -0.2) is 11.0 Å². The Morgan fingerprint density at radius 3 is 2.68 bits per heavy atom. The second-order valence-electron chi connectivity index (χ2n) is 4.40. The van der Waals surface area contributed by atoms with Crippen molar-refractivity contribution in [1.29, 1.82) is 0 Å². The number of nitrogen functional groups attached to an aromatic ring is 1. The van der Waals surface area contributed by atoms with E-state index in [1.165, 1.54) is 0 Å². The summed E-state index contributed by atoms with van der Waals surface area (Å²) >= 11 is 1.55. The zero-order valence-corrected chi connectivity index (χ0v) is 12.0. The number of thiazole rings is 1. The largest absolute Gasteiger partial charge is 0.455 e. The molecule has 0 radical (unpaired) electrons. The highest BCUT2D eigenvalue weighted by Gasteiger charge is 2.10. The first-order valence-electron chi connectivity index (χ1n) is 5.93. The molecule has 0 fully saturated rings. The van der Waals surface area contributed by atoms with Crippen molar-refractivity contribution < 1.29 is 9.53 Å². The first-order chi connectivity index (χ1) is 8.97. The van der Waals surface area contributed by atoms with Crippen molar-refractivity contribution in [2.45, 2.75) is 27.4 Å². The summed E-state index contributed by atoms with van der Waals surface area (Å²) in [4.78, 5) is 17.4. The lowest BCUT2D eigenvalue weighted by atomic mass is 10.1. The molecule has 0 spiro atoms. The average molecular weight is 276 g/mol. The number of hydrogen-bond acceptors (Lipinski definition) is 5. The maximum atomic E-state index is 11.9. The van der Waals surface area contributed by atoms with Crippen LogP contribution in [0.5, 0.6) is 0 Å². The Morgan fingerprint density at radius 2 is 2.11 bits per heavy atom. The Labute approximate surface area is 116 Å². The van der Waals surface area contributed by atoms with Crippen molar-refractivity contribution in [1.82, 2.24) is 4.98 Å². The number of benzene rings is 1. The zero-order valence-electron chi connectivity index (χ0n) is 11.2. The summed E-state index contributed by atoms with van der Waals surface area (Å²) < 4.78 is 5.25. The van der Waals surface area contributed by atoms with Crippen molar-refractivity contribution in [3.05, 3.63) is 44.9 Å². The first-order valence-corrected chi connectivity index (χ1v) is 6.75. The van der Waals surface area contributed by atoms with Gasteiger partial charge < -0.3 is 10.5 Å². The molecular formula is C14H16N2O2S. The van der Waals surface area contributed by atoms with Crippen molar-refractivity contribution in [2.75, 3.05) is 5.73 Å². The van der Waals surface area contributed by atoms with Crippen LogP contribution < -0.4 is 5.73 Å². The molecule has 1 heterocycles. The van der Waals surface area contributed by atoms with E-state index in [1.807, 2.05) is 20.8 Å². The molecule has 0 aliphatic rings. The Balaban J connectivity index is 2.03. The molecule has 0 aliphatic heterocycles. The molecule has 0 saturated heterocycles. The molecule has 0 amide bonds. The van der Waals surface area contributed by atoms with Gasteiger partial charge >= 0.3 is 5.97 Å². The average Bonchev–Trinajstić information content (AvgIpc) is 2.69. The molecule has 0 unspecified atom stereocenters. The van der Waals surface area contributed by atoms with Gasteiger partial charge in [-0.05, 0) is 44.5 Å². The molecule has 2 aromatic rings. The van der Waals surface area contributed by atoms with Crippen LogP contribution in [-0.2, 0) is 11.3 Å². The highest BCUT2D eigenvalue weighted by atomic mass is 32.1. The van der Waals surface area contributed by atoms with Crippen LogP contribution >= 0.6 is 11.3 Å². The van der Waals surface area contributed by atoms with Crippen LogP contribution in [0.3, 0.4) is 0 Å². The molecule has 2 N–H and O–H groups in total. The number of anilines is 1. The van der Waals surface area contributed by atoms with Gasteiger partial charge in [0.15, 0.2) is 0 Å². The van der Waals surface area contributed by atoms with Gasteiger partial charge in [-0.2, -0.15) is 0 Å². The van der Waals surface area contributed by atoms with Gasteiger partial charge in [-0.15, -0.1) is 11.3 Å². The molecule has 100 valence electrons. The number of aromatic nitrogens is 1. The second-order valence-corrected chi connectivity index (χ2v) is 5.68. The topological polar surface area (TPSA) is 65.2 Å². The standard InChI is InChI=1S/C14H16N2O2S/c1-8-6-11(4-5-12(8)15)14(17)18-7-13-16-9(2)10(3)19-13/h4-6H,7,15H2,1-3H3. The van der Waals surface area contributed by atoms with Gasteiger partial charge in [-0.25, -0.2) is 9.78 Å². The molecule has 1 aromatic heterocycles. The first kappa shape index (κ1) is 13.5. The van der Waals surface area contributed by atoms with Crippen LogP contribution in [0.2, 0.25) is 0 Å². The summed E-state index contributed by atoms with van der Waals surface area (Å²) in [6.45, 7) is 6.02. The molecule has 4 nitrogen and oxygen atoms in total. The second kappa shape index (κ2) is 5.40. The third-order valence-corrected chi connectivity index (χ3v) is 3.95. The number of rotatable bonds is 3. The van der Waals surface area contributed by atoms with E-state index in [1.54, 1.807) is 29.5 Å². The van der Waals surface area contributed by atoms with Gasteiger partial charge in [0.2, 0.25) is 0 Å². The summed E-state index contributed by atoms with van der Waals surface area (Å²) in [6.07, 6.45) is 0. The van der Waals surface area contributed by atoms with Crippen LogP contribution in [0.25, 0.3) is 0 Å². The molecule has 2 rings (SSSR count). The van der Waals surface area contributed by atoms with Gasteiger partial charge in [0.25, 0.3) is 0 Å². The van der Waals surface area contributed by atoms with Crippen LogP contribution in [0.1, 0.15) is 31.5 Å². The van der Waals surface area contributed by atoms with Gasteiger partial charge in [0.05, 0.1) is 11.3 Å². The minimum atomic E-state index is -0.353. The molecule has 5 heteroatoms. The Hall–Kier alpha value is -1.88. The Morgan fingerprint density at radius 1 is 1.37 bits per heavy atom. The van der Waals surface area contributed by atoms with E-state index in [0.717, 1.165) is 21.1 Å². The summed E-state index contributed by atoms with van der Waals surface area (Å²) in [6, 6.07) is 5.11. The third-order valence-electron chi connectivity index (χ3n) is 2.91. The molecule has 1 aromatic carbocycles. The number of ether oxygens (including phenoxy) is 1. The van der Waals surface area contributed by atoms with Crippen LogP contribution in [0.15, 0.2) is 18.2 Å². The monoisotopic (exact) mass is 276 g/mol. The van der Waals surface area contributed by atoms with Crippen LogP contribution in [0.4, 0.5) is 5.69 Å². The van der Waals surface area contributed by atoms with Crippen molar-refractivity contribution in [2.24, 2.45) is 0 Å². The maximum absolute atomic E-state index is 11.9. The molecule has 0 bridgehead atoms. The van der Waals surface area contributed by atoms with Crippen molar-refractivity contribution in [3.63, 3.8) is 0 Å². The lowest BCUT2D eigenvalue weighted by Crippen LogP contribution is -2.06. The van der Waals surface area contributed by atoms with E-state index in [4.69, 9.17) is 10.5 Å². The smallest absolute Gasteiger partial charge is 0.338 e. The molecular weight excluding hydrogens is 260 g/mol. The Bertz CT molecular complexity index is 600. The van der Waals surface area contributed by atoms with E-state index in [2.05, 4.69) is 4.98 Å². The van der Waals surface area contributed by atoms with Crippen molar-refractivity contribution >= 4 is 23.0 Å². The molecule has 0 aliphatic carbocycles. The van der Waals surface area contributed by atoms with Crippen molar-refractivity contribution in [3.8, 4) is 0 Å². The molecule has 0 saturated carbocycles. The van der Waals surface area contributed by atoms with Gasteiger partial charge in [-0.3, -0.25) is 0 Å². The van der Waals surface area contributed by atoms with Gasteiger partial charge in [0.1, 0.15) is 11.6 Å². The fraction of sp³-hybridized carbons (Fsp3) is 0.286. The minimum absolute atomic E-state index is 0.210. The van der Waals surface area contributed by atoms with Crippen LogP contribution in [0, 0.1) is 20.8 Å².